The monoisotopic (exact) mass is 229 g/mol. The minimum Gasteiger partial charge on any atom is -0.307 e. The number of nitrogens with one attached hydrogen (secondary N) is 1. The van der Waals surface area contributed by atoms with Crippen molar-refractivity contribution in [2.24, 2.45) is 7.05 Å². The molecule has 1 unspecified atom stereocenters. The Morgan fingerprint density at radius 1 is 1.60 bits per heavy atom. The second-order valence-corrected chi connectivity index (χ2v) is 4.61. The van der Waals surface area contributed by atoms with E-state index in [4.69, 9.17) is 11.6 Å². The zero-order valence-corrected chi connectivity index (χ0v) is 10.5. The average Bonchev–Trinajstić information content (AvgIpc) is 2.62. The summed E-state index contributed by atoms with van der Waals surface area (Å²) in [5.74, 6) is 0.699. The Hall–Kier alpha value is -0.540. The Morgan fingerprint density at radius 3 is 2.80 bits per heavy atom. The lowest BCUT2D eigenvalue weighted by Crippen LogP contribution is -2.41. The van der Waals surface area contributed by atoms with Crippen molar-refractivity contribution < 1.29 is 0 Å². The van der Waals surface area contributed by atoms with Gasteiger partial charge in [-0.3, -0.25) is 4.68 Å². The minimum absolute atomic E-state index is 0.136. The van der Waals surface area contributed by atoms with Gasteiger partial charge in [0.05, 0.1) is 6.20 Å². The fourth-order valence-corrected chi connectivity index (χ4v) is 1.89. The van der Waals surface area contributed by atoms with Crippen LogP contribution in [-0.4, -0.2) is 21.2 Å². The van der Waals surface area contributed by atoms with E-state index in [2.05, 4.69) is 24.3 Å². The molecule has 4 heteroatoms. The van der Waals surface area contributed by atoms with Crippen LogP contribution in [0.3, 0.4) is 0 Å². The highest BCUT2D eigenvalue weighted by molar-refractivity contribution is 6.17. The highest BCUT2D eigenvalue weighted by Gasteiger charge is 2.20. The predicted molar refractivity (Wildman–Crippen MR) is 64.1 cm³/mol. The Labute approximate surface area is 96.8 Å². The molecule has 1 N–H and O–H groups in total. The van der Waals surface area contributed by atoms with E-state index in [1.807, 2.05) is 24.1 Å². The molecule has 1 atom stereocenters. The van der Waals surface area contributed by atoms with E-state index in [0.29, 0.717) is 5.88 Å². The van der Waals surface area contributed by atoms with Crippen LogP contribution < -0.4 is 5.32 Å². The molecule has 0 saturated heterocycles. The molecule has 0 amide bonds. The van der Waals surface area contributed by atoms with Crippen molar-refractivity contribution in [3.63, 3.8) is 0 Å². The smallest absolute Gasteiger partial charge is 0.0534 e. The summed E-state index contributed by atoms with van der Waals surface area (Å²) >= 11 is 5.79. The van der Waals surface area contributed by atoms with E-state index < -0.39 is 0 Å². The molecule has 0 bridgehead atoms. The first kappa shape index (κ1) is 12.5. The lowest BCUT2D eigenvalue weighted by molar-refractivity contribution is 0.331. The molecular formula is C11H20ClN3. The number of hydrogen-bond donors (Lipinski definition) is 1. The number of alkyl halides is 1. The maximum absolute atomic E-state index is 5.79. The van der Waals surface area contributed by atoms with Crippen molar-refractivity contribution >= 4 is 11.6 Å². The van der Waals surface area contributed by atoms with Gasteiger partial charge in [0.1, 0.15) is 0 Å². The van der Waals surface area contributed by atoms with Crippen LogP contribution >= 0.6 is 11.6 Å². The van der Waals surface area contributed by atoms with Crippen molar-refractivity contribution in [3.8, 4) is 0 Å². The van der Waals surface area contributed by atoms with Crippen LogP contribution in [0.15, 0.2) is 12.4 Å². The molecule has 0 aliphatic heterocycles. The fraction of sp³-hybridized carbons (Fsp3) is 0.727. The van der Waals surface area contributed by atoms with Crippen LogP contribution in [0.1, 0.15) is 32.3 Å². The molecule has 0 radical (unpaired) electrons. The molecule has 1 aromatic heterocycles. The van der Waals surface area contributed by atoms with E-state index in [1.165, 1.54) is 5.56 Å². The Balaban J connectivity index is 2.47. The van der Waals surface area contributed by atoms with Crippen LogP contribution in [0.4, 0.5) is 0 Å². The number of hydrogen-bond acceptors (Lipinski definition) is 2. The summed E-state index contributed by atoms with van der Waals surface area (Å²) in [4.78, 5) is 0. The standard InChI is InChI=1S/C11H20ClN3/c1-4-11(2,5-6-12)13-7-10-8-14-15(3)9-10/h8-9,13H,4-7H2,1-3H3. The molecular weight excluding hydrogens is 210 g/mol. The van der Waals surface area contributed by atoms with Crippen LogP contribution in [0.2, 0.25) is 0 Å². The van der Waals surface area contributed by atoms with E-state index >= 15 is 0 Å². The second-order valence-electron chi connectivity index (χ2n) is 4.23. The van der Waals surface area contributed by atoms with Gasteiger partial charge in [-0.15, -0.1) is 11.6 Å². The van der Waals surface area contributed by atoms with Crippen molar-refractivity contribution in [2.75, 3.05) is 5.88 Å². The number of rotatable bonds is 6. The minimum atomic E-state index is 0.136. The van der Waals surface area contributed by atoms with Crippen LogP contribution in [-0.2, 0) is 13.6 Å². The molecule has 0 aromatic carbocycles. The van der Waals surface area contributed by atoms with Crippen molar-refractivity contribution in [1.82, 2.24) is 15.1 Å². The number of aromatic nitrogens is 2. The Kier molecular flexibility index (Phi) is 4.61. The Bertz CT molecular complexity index is 298. The first-order valence-corrected chi connectivity index (χ1v) is 5.91. The van der Waals surface area contributed by atoms with E-state index in [-0.39, 0.29) is 5.54 Å². The molecule has 0 saturated carbocycles. The van der Waals surface area contributed by atoms with Gasteiger partial charge in [-0.05, 0) is 19.8 Å². The molecule has 1 rings (SSSR count). The third kappa shape index (κ3) is 3.84. The van der Waals surface area contributed by atoms with Crippen molar-refractivity contribution in [1.29, 1.82) is 0 Å². The van der Waals surface area contributed by atoms with Gasteiger partial charge in [0.25, 0.3) is 0 Å². The maximum atomic E-state index is 5.79. The lowest BCUT2D eigenvalue weighted by atomic mass is 9.95. The summed E-state index contributed by atoms with van der Waals surface area (Å²) in [6.45, 7) is 5.25. The number of halogens is 1. The Morgan fingerprint density at radius 2 is 2.33 bits per heavy atom. The van der Waals surface area contributed by atoms with Gasteiger partial charge in [0.15, 0.2) is 0 Å². The van der Waals surface area contributed by atoms with Crippen LogP contribution in [0.25, 0.3) is 0 Å². The zero-order valence-electron chi connectivity index (χ0n) is 9.76. The SMILES string of the molecule is CCC(C)(CCCl)NCc1cnn(C)c1. The fourth-order valence-electron chi connectivity index (χ4n) is 1.48. The van der Waals surface area contributed by atoms with Gasteiger partial charge in [0.2, 0.25) is 0 Å². The van der Waals surface area contributed by atoms with Gasteiger partial charge < -0.3 is 5.32 Å². The zero-order chi connectivity index (χ0) is 11.3. The van der Waals surface area contributed by atoms with Gasteiger partial charge in [-0.1, -0.05) is 6.92 Å². The summed E-state index contributed by atoms with van der Waals surface area (Å²) in [5, 5.41) is 7.68. The topological polar surface area (TPSA) is 29.9 Å². The summed E-state index contributed by atoms with van der Waals surface area (Å²) in [6, 6.07) is 0. The van der Waals surface area contributed by atoms with Gasteiger partial charge in [-0.25, -0.2) is 0 Å². The van der Waals surface area contributed by atoms with Crippen LogP contribution in [0, 0.1) is 0 Å². The molecule has 0 spiro atoms. The predicted octanol–water partition coefficient (Wildman–Crippen LogP) is 2.31. The third-order valence-electron chi connectivity index (χ3n) is 2.90. The number of nitrogens with zero attached hydrogens (tertiary/aromatic N) is 2. The summed E-state index contributed by atoms with van der Waals surface area (Å²) in [6.07, 6.45) is 6.00. The van der Waals surface area contributed by atoms with Crippen molar-refractivity contribution in [3.05, 3.63) is 18.0 Å². The lowest BCUT2D eigenvalue weighted by Gasteiger charge is -2.28. The average molecular weight is 230 g/mol. The van der Waals surface area contributed by atoms with E-state index in [0.717, 1.165) is 19.4 Å². The summed E-state index contributed by atoms with van der Waals surface area (Å²) in [7, 11) is 1.93. The molecule has 3 nitrogen and oxygen atoms in total. The quantitative estimate of drug-likeness (QED) is 0.759. The first-order valence-electron chi connectivity index (χ1n) is 5.38. The second kappa shape index (κ2) is 5.52. The normalized spacial score (nSPS) is 15.2. The van der Waals surface area contributed by atoms with Gasteiger partial charge in [0, 0.05) is 36.8 Å². The van der Waals surface area contributed by atoms with E-state index in [1.54, 1.807) is 0 Å². The highest BCUT2D eigenvalue weighted by Crippen LogP contribution is 2.15. The maximum Gasteiger partial charge on any atom is 0.0534 e. The van der Waals surface area contributed by atoms with Crippen LogP contribution in [0.5, 0.6) is 0 Å². The summed E-state index contributed by atoms with van der Waals surface area (Å²) in [5.41, 5.74) is 1.35. The third-order valence-corrected chi connectivity index (χ3v) is 3.09. The van der Waals surface area contributed by atoms with Gasteiger partial charge in [-0.2, -0.15) is 5.10 Å². The molecule has 1 heterocycles. The highest BCUT2D eigenvalue weighted by atomic mass is 35.5. The first-order chi connectivity index (χ1) is 7.09. The molecule has 0 aliphatic rings. The molecule has 1 aromatic rings. The number of aryl methyl sites for hydroxylation is 1. The molecule has 15 heavy (non-hydrogen) atoms. The summed E-state index contributed by atoms with van der Waals surface area (Å²) < 4.78 is 1.82. The largest absolute Gasteiger partial charge is 0.307 e. The molecule has 0 fully saturated rings. The molecule has 86 valence electrons. The van der Waals surface area contributed by atoms with Gasteiger partial charge >= 0.3 is 0 Å². The molecule has 0 aliphatic carbocycles. The van der Waals surface area contributed by atoms with E-state index in [9.17, 15) is 0 Å². The van der Waals surface area contributed by atoms with Crippen molar-refractivity contribution in [2.45, 2.75) is 38.8 Å².